The van der Waals surface area contributed by atoms with Crippen LogP contribution in [0.15, 0.2) is 23.0 Å². The Morgan fingerprint density at radius 2 is 1.92 bits per heavy atom. The van der Waals surface area contributed by atoms with Crippen LogP contribution in [0.4, 0.5) is 0 Å². The zero-order valence-corrected chi connectivity index (χ0v) is 14.1. The van der Waals surface area contributed by atoms with Crippen molar-refractivity contribution < 1.29 is 14.4 Å². The molecule has 1 aromatic heterocycles. The number of quaternary nitrogens is 1. The van der Waals surface area contributed by atoms with Crippen LogP contribution in [0, 0.1) is 0 Å². The lowest BCUT2D eigenvalue weighted by Crippen LogP contribution is -3.10. The van der Waals surface area contributed by atoms with E-state index in [0.717, 1.165) is 13.1 Å². The van der Waals surface area contributed by atoms with Gasteiger partial charge in [-0.3, -0.25) is 4.79 Å². The molecule has 0 radical (unpaired) electrons. The molecule has 6 nitrogen and oxygen atoms in total. The predicted octanol–water partition coefficient (Wildman–Crippen LogP) is 1.06. The molecule has 0 aliphatic carbocycles. The van der Waals surface area contributed by atoms with Crippen LogP contribution in [-0.2, 0) is 11.3 Å². The third-order valence-electron chi connectivity index (χ3n) is 4.65. The molecule has 2 aromatic rings. The van der Waals surface area contributed by atoms with Crippen LogP contribution in [0.2, 0.25) is 0 Å². The van der Waals surface area contributed by atoms with E-state index in [1.807, 2.05) is 0 Å². The highest BCUT2D eigenvalue weighted by molar-refractivity contribution is 5.93. The van der Waals surface area contributed by atoms with E-state index >= 15 is 0 Å². The van der Waals surface area contributed by atoms with Gasteiger partial charge in [0.2, 0.25) is 0 Å². The van der Waals surface area contributed by atoms with E-state index in [2.05, 4.69) is 9.97 Å². The third-order valence-corrected chi connectivity index (χ3v) is 4.65. The minimum Gasteiger partial charge on any atom is -0.465 e. The number of aromatic nitrogens is 2. The van der Waals surface area contributed by atoms with E-state index < -0.39 is 5.97 Å². The molecule has 0 atom stereocenters. The molecule has 1 saturated heterocycles. The van der Waals surface area contributed by atoms with Crippen molar-refractivity contribution in [3.05, 3.63) is 39.9 Å². The summed E-state index contributed by atoms with van der Waals surface area (Å²) in [5.41, 5.74) is 0.800. The van der Waals surface area contributed by atoms with E-state index in [0.29, 0.717) is 28.8 Å². The first kappa shape index (κ1) is 16.6. The second-order valence-electron chi connectivity index (χ2n) is 6.43. The molecule has 1 aromatic carbocycles. The van der Waals surface area contributed by atoms with Gasteiger partial charge in [-0.05, 0) is 43.9 Å². The van der Waals surface area contributed by atoms with Gasteiger partial charge in [0.15, 0.2) is 5.82 Å². The number of aromatic amines is 1. The average molecular weight is 330 g/mol. The van der Waals surface area contributed by atoms with Gasteiger partial charge in [0.1, 0.15) is 6.54 Å². The SMILES string of the molecule is COC(=O)c1ccc2c(=O)[nH]c(C[NH+]3CCCCCCC3)nc2c1. The number of nitrogens with zero attached hydrogens (tertiary/aromatic N) is 1. The molecule has 128 valence electrons. The lowest BCUT2D eigenvalue weighted by Gasteiger charge is -2.21. The van der Waals surface area contributed by atoms with Crippen LogP contribution in [0.3, 0.4) is 0 Å². The number of rotatable bonds is 3. The molecule has 0 spiro atoms. The summed E-state index contributed by atoms with van der Waals surface area (Å²) >= 11 is 0. The average Bonchev–Trinajstić information content (AvgIpc) is 2.56. The quantitative estimate of drug-likeness (QED) is 0.825. The second kappa shape index (κ2) is 7.57. The normalized spacial score (nSPS) is 16.5. The fourth-order valence-corrected chi connectivity index (χ4v) is 3.34. The topological polar surface area (TPSA) is 76.5 Å². The number of hydrogen-bond donors (Lipinski definition) is 2. The monoisotopic (exact) mass is 330 g/mol. The standard InChI is InChI=1S/C18H23N3O3/c1-24-18(23)13-7-8-14-15(11-13)19-16(20-17(14)22)12-21-9-5-3-2-4-6-10-21/h7-8,11H,2-6,9-10,12H2,1H3,(H,19,20,22)/p+1. The molecule has 0 saturated carbocycles. The van der Waals surface area contributed by atoms with Gasteiger partial charge in [-0.1, -0.05) is 6.42 Å². The van der Waals surface area contributed by atoms with E-state index in [-0.39, 0.29) is 5.56 Å². The van der Waals surface area contributed by atoms with Gasteiger partial charge in [0.05, 0.1) is 36.7 Å². The maximum atomic E-state index is 12.3. The van der Waals surface area contributed by atoms with Crippen LogP contribution >= 0.6 is 0 Å². The Bertz CT molecular complexity index is 777. The number of carbonyl (C=O) groups is 1. The van der Waals surface area contributed by atoms with E-state index in [1.54, 1.807) is 18.2 Å². The summed E-state index contributed by atoms with van der Waals surface area (Å²) in [5.74, 6) is 0.264. The van der Waals surface area contributed by atoms with Gasteiger partial charge in [-0.25, -0.2) is 9.78 Å². The molecule has 1 aliphatic heterocycles. The van der Waals surface area contributed by atoms with Crippen LogP contribution in [0.25, 0.3) is 10.9 Å². The molecule has 2 heterocycles. The van der Waals surface area contributed by atoms with Crippen LogP contribution in [0.5, 0.6) is 0 Å². The highest BCUT2D eigenvalue weighted by atomic mass is 16.5. The van der Waals surface area contributed by atoms with Crippen molar-refractivity contribution in [2.45, 2.75) is 38.6 Å². The van der Waals surface area contributed by atoms with Crippen LogP contribution < -0.4 is 10.5 Å². The Hall–Kier alpha value is -2.21. The zero-order chi connectivity index (χ0) is 16.9. The summed E-state index contributed by atoms with van der Waals surface area (Å²) in [6, 6.07) is 4.84. The Balaban J connectivity index is 1.87. The van der Waals surface area contributed by atoms with Gasteiger partial charge in [-0.2, -0.15) is 0 Å². The van der Waals surface area contributed by atoms with Crippen molar-refractivity contribution in [3.8, 4) is 0 Å². The molecule has 6 heteroatoms. The number of fused-ring (bicyclic) bond motifs is 1. The van der Waals surface area contributed by atoms with E-state index in [1.165, 1.54) is 44.1 Å². The molecule has 2 N–H and O–H groups in total. The summed E-state index contributed by atoms with van der Waals surface area (Å²) in [5, 5.41) is 0.495. The van der Waals surface area contributed by atoms with E-state index in [9.17, 15) is 9.59 Å². The molecule has 0 unspecified atom stereocenters. The number of esters is 1. The van der Waals surface area contributed by atoms with Gasteiger partial charge in [0, 0.05) is 0 Å². The minimum absolute atomic E-state index is 0.155. The first-order valence-corrected chi connectivity index (χ1v) is 8.62. The molecule has 1 aliphatic rings. The van der Waals surface area contributed by atoms with Gasteiger partial charge in [-0.15, -0.1) is 0 Å². The van der Waals surface area contributed by atoms with Crippen molar-refractivity contribution in [1.29, 1.82) is 0 Å². The third kappa shape index (κ3) is 3.82. The molecule has 0 amide bonds. The number of hydrogen-bond acceptors (Lipinski definition) is 4. The lowest BCUT2D eigenvalue weighted by atomic mass is 10.1. The number of nitrogens with one attached hydrogen (secondary N) is 2. The molecule has 0 bridgehead atoms. The summed E-state index contributed by atoms with van der Waals surface area (Å²) in [7, 11) is 1.34. The number of likely N-dealkylation sites (tertiary alicyclic amines) is 1. The summed E-state index contributed by atoms with van der Waals surface area (Å²) in [4.78, 5) is 32.9. The Morgan fingerprint density at radius 3 is 2.62 bits per heavy atom. The second-order valence-corrected chi connectivity index (χ2v) is 6.43. The number of carbonyl (C=O) groups excluding carboxylic acids is 1. The summed E-state index contributed by atoms with van der Waals surface area (Å²) in [6.07, 6.45) is 6.34. The Labute approximate surface area is 140 Å². The summed E-state index contributed by atoms with van der Waals surface area (Å²) < 4.78 is 4.74. The fourth-order valence-electron chi connectivity index (χ4n) is 3.34. The van der Waals surface area contributed by atoms with Crippen molar-refractivity contribution >= 4 is 16.9 Å². The van der Waals surface area contributed by atoms with E-state index in [4.69, 9.17) is 4.74 Å². The van der Waals surface area contributed by atoms with Gasteiger partial charge >= 0.3 is 5.97 Å². The number of H-pyrrole nitrogens is 1. The van der Waals surface area contributed by atoms with Crippen molar-refractivity contribution in [2.24, 2.45) is 0 Å². The molecular formula is C18H24N3O3+. The number of benzene rings is 1. The minimum atomic E-state index is -0.421. The van der Waals surface area contributed by atoms with Crippen molar-refractivity contribution in [3.63, 3.8) is 0 Å². The maximum absolute atomic E-state index is 12.3. The molecule has 1 fully saturated rings. The Kier molecular flexibility index (Phi) is 5.25. The largest absolute Gasteiger partial charge is 0.465 e. The predicted molar refractivity (Wildman–Crippen MR) is 91.2 cm³/mol. The first-order valence-electron chi connectivity index (χ1n) is 8.62. The summed E-state index contributed by atoms with van der Waals surface area (Å²) in [6.45, 7) is 2.95. The first-order chi connectivity index (χ1) is 11.7. The molecule has 3 rings (SSSR count). The number of ether oxygens (including phenoxy) is 1. The van der Waals surface area contributed by atoms with Crippen LogP contribution in [-0.4, -0.2) is 36.1 Å². The lowest BCUT2D eigenvalue weighted by molar-refractivity contribution is -0.915. The van der Waals surface area contributed by atoms with Gasteiger partial charge in [0.25, 0.3) is 5.56 Å². The van der Waals surface area contributed by atoms with Crippen LogP contribution in [0.1, 0.15) is 48.3 Å². The number of methoxy groups -OCH3 is 1. The highest BCUT2D eigenvalue weighted by Crippen LogP contribution is 2.11. The smallest absolute Gasteiger partial charge is 0.337 e. The van der Waals surface area contributed by atoms with Crippen molar-refractivity contribution in [2.75, 3.05) is 20.2 Å². The Morgan fingerprint density at radius 1 is 1.21 bits per heavy atom. The molecular weight excluding hydrogens is 306 g/mol. The zero-order valence-electron chi connectivity index (χ0n) is 14.1. The maximum Gasteiger partial charge on any atom is 0.337 e. The highest BCUT2D eigenvalue weighted by Gasteiger charge is 2.15. The fraction of sp³-hybridized carbons (Fsp3) is 0.500. The van der Waals surface area contributed by atoms with Crippen molar-refractivity contribution in [1.82, 2.24) is 9.97 Å². The van der Waals surface area contributed by atoms with Gasteiger partial charge < -0.3 is 14.6 Å². The molecule has 24 heavy (non-hydrogen) atoms.